The van der Waals surface area contributed by atoms with E-state index in [-0.39, 0.29) is 23.0 Å². The number of anilines is 2. The molecule has 1 N–H and O–H groups in total. The summed E-state index contributed by atoms with van der Waals surface area (Å²) >= 11 is 0. The van der Waals surface area contributed by atoms with E-state index < -0.39 is 12.8 Å². The summed E-state index contributed by atoms with van der Waals surface area (Å²) in [5.41, 5.74) is 5.16. The van der Waals surface area contributed by atoms with Crippen molar-refractivity contribution >= 4 is 39.5 Å². The second-order valence-corrected chi connectivity index (χ2v) is 16.5. The number of hydrogen-bond donors (Lipinski definition) is 1. The molecule has 0 unspecified atom stereocenters. The fourth-order valence-corrected chi connectivity index (χ4v) is 9.29. The van der Waals surface area contributed by atoms with E-state index in [4.69, 9.17) is 14.7 Å². The number of halogens is 3. The highest BCUT2D eigenvalue weighted by Gasteiger charge is 2.55. The number of nitrogens with one attached hydrogen (secondary N) is 1. The van der Waals surface area contributed by atoms with E-state index in [0.29, 0.717) is 28.5 Å². The molecule has 10 rings (SSSR count). The van der Waals surface area contributed by atoms with Gasteiger partial charge in [0.25, 0.3) is 0 Å². The Labute approximate surface area is 300 Å². The fourth-order valence-electron chi connectivity index (χ4n) is 9.29. The van der Waals surface area contributed by atoms with Crippen molar-refractivity contribution in [1.82, 2.24) is 30.0 Å². The minimum Gasteiger partial charge on any atom is -0.481 e. The van der Waals surface area contributed by atoms with Crippen LogP contribution in [0.2, 0.25) is 0 Å². The molecule has 2 spiro atoms. The van der Waals surface area contributed by atoms with Gasteiger partial charge in [-0.2, -0.15) is 23.3 Å². The first kappa shape index (κ1) is 32.3. The number of H-pyrrole nitrogens is 1. The minimum absolute atomic E-state index is 0.0336. The molecule has 2 aromatic carbocycles. The summed E-state index contributed by atoms with van der Waals surface area (Å²) in [4.78, 5) is 31.5. The summed E-state index contributed by atoms with van der Waals surface area (Å²) in [7, 11) is 0. The molecule has 2 aromatic heterocycles. The molecule has 6 aliphatic rings. The second kappa shape index (κ2) is 11.3. The molecule has 6 fully saturated rings. The van der Waals surface area contributed by atoms with Crippen LogP contribution >= 0.6 is 0 Å². The van der Waals surface area contributed by atoms with Gasteiger partial charge in [-0.05, 0) is 80.1 Å². The molecule has 4 aliphatic heterocycles. The Kier molecular flexibility index (Phi) is 7.02. The third-order valence-electron chi connectivity index (χ3n) is 12.8. The Morgan fingerprint density at radius 2 is 1.75 bits per heavy atom. The van der Waals surface area contributed by atoms with Crippen LogP contribution in [0.3, 0.4) is 0 Å². The van der Waals surface area contributed by atoms with Crippen molar-refractivity contribution < 1.29 is 22.7 Å². The summed E-state index contributed by atoms with van der Waals surface area (Å²) in [5, 5.41) is 9.04. The van der Waals surface area contributed by atoms with Crippen LogP contribution in [0.5, 0.6) is 5.75 Å². The molecular weight excluding hydrogens is 669 g/mol. The van der Waals surface area contributed by atoms with E-state index >= 15 is 0 Å². The number of carbonyl (C=O) groups excluding carboxylic acids is 1. The molecule has 1 amide bonds. The quantitative estimate of drug-likeness (QED) is 0.216. The van der Waals surface area contributed by atoms with Crippen molar-refractivity contribution in [3.05, 3.63) is 48.2 Å². The maximum absolute atomic E-state index is 14.1. The monoisotopic (exact) mass is 712 g/mol. The number of fused-ring (bicyclic) bond motifs is 2. The predicted molar refractivity (Wildman–Crippen MR) is 193 cm³/mol. The van der Waals surface area contributed by atoms with E-state index in [2.05, 4.69) is 37.5 Å². The Morgan fingerprint density at radius 1 is 1.02 bits per heavy atom. The normalized spacial score (nSPS) is 22.5. The van der Waals surface area contributed by atoms with Gasteiger partial charge in [-0.25, -0.2) is 4.98 Å². The Bertz CT molecular complexity index is 2110. The smallest absolute Gasteiger partial charge is 0.422 e. The van der Waals surface area contributed by atoms with Crippen molar-refractivity contribution in [1.29, 1.82) is 0 Å². The fraction of sp³-hybridized carbons (Fsp3) is 0.538. The van der Waals surface area contributed by atoms with Crippen molar-refractivity contribution in [2.24, 2.45) is 10.8 Å². The largest absolute Gasteiger partial charge is 0.481 e. The van der Waals surface area contributed by atoms with Gasteiger partial charge in [0.15, 0.2) is 12.4 Å². The van der Waals surface area contributed by atoms with Crippen LogP contribution in [0.1, 0.15) is 55.6 Å². The van der Waals surface area contributed by atoms with Gasteiger partial charge in [0.2, 0.25) is 11.9 Å². The predicted octanol–water partition coefficient (Wildman–Crippen LogP) is 6.20. The highest BCUT2D eigenvalue weighted by molar-refractivity contribution is 6.05. The lowest BCUT2D eigenvalue weighted by Gasteiger charge is -2.54. The molecule has 0 atom stereocenters. The summed E-state index contributed by atoms with van der Waals surface area (Å²) in [6.07, 6.45) is 4.91. The van der Waals surface area contributed by atoms with E-state index in [9.17, 15) is 18.0 Å². The zero-order chi connectivity index (χ0) is 35.6. The van der Waals surface area contributed by atoms with Gasteiger partial charge >= 0.3 is 6.18 Å². The lowest BCUT2D eigenvalue weighted by molar-refractivity contribution is -0.153. The number of aromatic amines is 1. The molecule has 2 aliphatic carbocycles. The average Bonchev–Trinajstić information content (AvgIpc) is 4.01. The van der Waals surface area contributed by atoms with Gasteiger partial charge in [0.1, 0.15) is 11.3 Å². The average molecular weight is 713 g/mol. The minimum atomic E-state index is -4.54. The summed E-state index contributed by atoms with van der Waals surface area (Å²) in [6, 6.07) is 6.54. The number of rotatable bonds is 8. The molecule has 4 aromatic rings. The molecule has 13 heteroatoms. The first-order chi connectivity index (χ1) is 25.0. The highest BCUT2D eigenvalue weighted by Crippen LogP contribution is 2.55. The number of piperidine rings is 1. The van der Waals surface area contributed by atoms with Crippen molar-refractivity contribution in [3.63, 3.8) is 0 Å². The maximum atomic E-state index is 14.1. The number of benzene rings is 2. The number of hydrogen-bond acceptors (Lipinski definition) is 8. The van der Waals surface area contributed by atoms with Crippen LogP contribution in [0.25, 0.3) is 32.9 Å². The lowest BCUT2D eigenvalue weighted by atomic mass is 9.72. The summed E-state index contributed by atoms with van der Waals surface area (Å²) in [5.74, 6) is 1.60. The lowest BCUT2D eigenvalue weighted by Crippen LogP contribution is -2.66. The highest BCUT2D eigenvalue weighted by atomic mass is 19.4. The molecule has 0 radical (unpaired) electrons. The molecular formula is C39H43F3N8O2. The number of alkyl halides is 3. The van der Waals surface area contributed by atoms with Crippen LogP contribution in [-0.4, -0.2) is 107 Å². The number of amides is 1. The standard InChI is InChI=1S/C39H43F3N8O2/c1-3-29(51)50-20-38(21-50)10-12-47(13-11-38)35-28-14-27(24-6-7-24)31(30-23(2)4-5-25-15-43-46-32(25)30)34(52-22-39(40,41)42)33(28)44-36(45-35)48-16-26(17-48)49-18-37(19-49)8-9-37/h3-5,14-15,24,26H,1,6-13,16-22H2,2H3,(H,43,46). The Balaban J connectivity index is 1.10. The van der Waals surface area contributed by atoms with Gasteiger partial charge < -0.3 is 19.4 Å². The molecule has 2 saturated carbocycles. The Morgan fingerprint density at radius 3 is 2.42 bits per heavy atom. The van der Waals surface area contributed by atoms with E-state index in [0.717, 1.165) is 117 Å². The number of ether oxygens (including phenoxy) is 1. The van der Waals surface area contributed by atoms with E-state index in [1.54, 1.807) is 6.20 Å². The number of carbonyl (C=O) groups is 1. The van der Waals surface area contributed by atoms with E-state index in [1.165, 1.54) is 18.9 Å². The zero-order valence-electron chi connectivity index (χ0n) is 29.4. The van der Waals surface area contributed by atoms with Crippen LogP contribution in [0.15, 0.2) is 37.1 Å². The third kappa shape index (κ3) is 5.32. The summed E-state index contributed by atoms with van der Waals surface area (Å²) < 4.78 is 48.2. The van der Waals surface area contributed by atoms with Crippen molar-refractivity contribution in [3.8, 4) is 16.9 Å². The topological polar surface area (TPSA) is 93.7 Å². The second-order valence-electron chi connectivity index (χ2n) is 16.5. The Hall–Kier alpha value is -4.39. The first-order valence-electron chi connectivity index (χ1n) is 18.7. The first-order valence-corrected chi connectivity index (χ1v) is 18.7. The molecule has 0 bridgehead atoms. The molecule has 6 heterocycles. The molecule has 10 nitrogen and oxygen atoms in total. The van der Waals surface area contributed by atoms with E-state index in [1.807, 2.05) is 24.0 Å². The maximum Gasteiger partial charge on any atom is 0.422 e. The molecule has 272 valence electrons. The van der Waals surface area contributed by atoms with Gasteiger partial charge in [0, 0.05) is 85.7 Å². The van der Waals surface area contributed by atoms with Crippen molar-refractivity contribution in [2.45, 2.75) is 63.6 Å². The van der Waals surface area contributed by atoms with Gasteiger partial charge in [-0.15, -0.1) is 0 Å². The SMILES string of the molecule is C=CC(=O)N1CC2(CCN(c3nc(N4CC(N5CC6(CC6)C5)C4)nc4c(OCC(F)(F)F)c(-c5c(C)ccc6cn[nH]c56)c(C5CC5)cc34)CC2)C1. The van der Waals surface area contributed by atoms with Gasteiger partial charge in [-0.1, -0.05) is 18.7 Å². The number of aryl methyl sites for hydroxylation is 1. The number of aromatic nitrogens is 4. The number of nitrogens with zero attached hydrogens (tertiary/aromatic N) is 7. The van der Waals surface area contributed by atoms with Crippen LogP contribution in [0.4, 0.5) is 24.9 Å². The number of likely N-dealkylation sites (tertiary alicyclic amines) is 2. The summed E-state index contributed by atoms with van der Waals surface area (Å²) in [6.45, 7) is 11.0. The van der Waals surface area contributed by atoms with Crippen molar-refractivity contribution in [2.75, 3.05) is 68.8 Å². The molecule has 52 heavy (non-hydrogen) atoms. The third-order valence-corrected chi connectivity index (χ3v) is 12.8. The van der Waals surface area contributed by atoms with Crippen LogP contribution in [-0.2, 0) is 4.79 Å². The molecule has 4 saturated heterocycles. The zero-order valence-corrected chi connectivity index (χ0v) is 29.4. The van der Waals surface area contributed by atoms with Crippen LogP contribution < -0.4 is 14.5 Å². The van der Waals surface area contributed by atoms with Crippen LogP contribution in [0, 0.1) is 17.8 Å². The van der Waals surface area contributed by atoms with Gasteiger partial charge in [0.05, 0.1) is 11.7 Å². The van der Waals surface area contributed by atoms with Gasteiger partial charge in [-0.3, -0.25) is 14.8 Å².